The van der Waals surface area contributed by atoms with Crippen molar-refractivity contribution in [1.29, 1.82) is 0 Å². The second kappa shape index (κ2) is 7.49. The van der Waals surface area contributed by atoms with Gasteiger partial charge in [-0.3, -0.25) is 4.79 Å². The summed E-state index contributed by atoms with van der Waals surface area (Å²) in [5.41, 5.74) is 1.44. The topological polar surface area (TPSA) is 54.0 Å². The van der Waals surface area contributed by atoms with E-state index in [9.17, 15) is 18.0 Å². The number of amides is 1. The van der Waals surface area contributed by atoms with E-state index < -0.39 is 17.6 Å². The van der Waals surface area contributed by atoms with Crippen LogP contribution in [0.2, 0.25) is 0 Å². The van der Waals surface area contributed by atoms with E-state index in [1.165, 1.54) is 30.5 Å². The van der Waals surface area contributed by atoms with Gasteiger partial charge in [-0.2, -0.15) is 13.2 Å². The Labute approximate surface area is 154 Å². The van der Waals surface area contributed by atoms with Gasteiger partial charge in [0.1, 0.15) is 5.82 Å². The third kappa shape index (κ3) is 4.84. The van der Waals surface area contributed by atoms with Crippen molar-refractivity contribution in [3.63, 3.8) is 0 Å². The molecule has 0 bridgehead atoms. The number of aryl methyl sites for hydroxylation is 1. The molecule has 0 fully saturated rings. The van der Waals surface area contributed by atoms with Crippen LogP contribution in [0.3, 0.4) is 0 Å². The van der Waals surface area contributed by atoms with Crippen LogP contribution in [-0.4, -0.2) is 10.9 Å². The van der Waals surface area contributed by atoms with Crippen LogP contribution >= 0.6 is 0 Å². The van der Waals surface area contributed by atoms with E-state index in [4.69, 9.17) is 0 Å². The van der Waals surface area contributed by atoms with E-state index in [1.54, 1.807) is 0 Å². The number of carbonyl (C=O) groups is 1. The Kier molecular flexibility index (Phi) is 5.12. The normalized spacial score (nSPS) is 11.1. The fourth-order valence-corrected chi connectivity index (χ4v) is 2.40. The minimum absolute atomic E-state index is 0.0691. The molecule has 1 amide bonds. The number of hydrogen-bond donors (Lipinski definition) is 2. The van der Waals surface area contributed by atoms with Gasteiger partial charge in [0.15, 0.2) is 0 Å². The largest absolute Gasteiger partial charge is 0.416 e. The molecule has 2 aromatic carbocycles. The zero-order valence-corrected chi connectivity index (χ0v) is 14.3. The molecule has 0 radical (unpaired) electrons. The summed E-state index contributed by atoms with van der Waals surface area (Å²) in [6, 6.07) is 15.1. The molecule has 1 heterocycles. The van der Waals surface area contributed by atoms with Crippen molar-refractivity contribution < 1.29 is 18.0 Å². The van der Waals surface area contributed by atoms with Gasteiger partial charge in [-0.15, -0.1) is 0 Å². The second-order valence-electron chi connectivity index (χ2n) is 5.95. The number of nitrogens with zero attached hydrogens (tertiary/aromatic N) is 1. The van der Waals surface area contributed by atoms with Crippen molar-refractivity contribution in [1.82, 2.24) is 4.98 Å². The maximum absolute atomic E-state index is 12.8. The van der Waals surface area contributed by atoms with Gasteiger partial charge >= 0.3 is 6.18 Å². The lowest BCUT2D eigenvalue weighted by Gasteiger charge is -2.11. The Morgan fingerprint density at radius 3 is 2.41 bits per heavy atom. The molecule has 2 N–H and O–H groups in total. The summed E-state index contributed by atoms with van der Waals surface area (Å²) in [4.78, 5) is 16.5. The smallest absolute Gasteiger partial charge is 0.340 e. The predicted molar refractivity (Wildman–Crippen MR) is 98.1 cm³/mol. The summed E-state index contributed by atoms with van der Waals surface area (Å²) < 4.78 is 38.4. The zero-order chi connectivity index (χ0) is 19.4. The van der Waals surface area contributed by atoms with Gasteiger partial charge in [-0.05, 0) is 49.4 Å². The van der Waals surface area contributed by atoms with Crippen LogP contribution in [0.15, 0.2) is 66.9 Å². The third-order valence-corrected chi connectivity index (χ3v) is 3.79. The zero-order valence-electron chi connectivity index (χ0n) is 14.3. The summed E-state index contributed by atoms with van der Waals surface area (Å²) in [5, 5.41) is 5.55. The van der Waals surface area contributed by atoms with E-state index in [2.05, 4.69) is 15.6 Å². The summed E-state index contributed by atoms with van der Waals surface area (Å²) in [5.74, 6) is -0.0702. The Morgan fingerprint density at radius 2 is 1.70 bits per heavy atom. The van der Waals surface area contributed by atoms with Gasteiger partial charge in [-0.25, -0.2) is 4.98 Å². The van der Waals surface area contributed by atoms with Crippen molar-refractivity contribution in [2.24, 2.45) is 0 Å². The van der Waals surface area contributed by atoms with Gasteiger partial charge in [0.2, 0.25) is 0 Å². The number of benzene rings is 2. The van der Waals surface area contributed by atoms with Crippen molar-refractivity contribution in [3.8, 4) is 0 Å². The number of halogens is 3. The number of alkyl halides is 3. The van der Waals surface area contributed by atoms with Crippen LogP contribution in [-0.2, 0) is 6.18 Å². The maximum Gasteiger partial charge on any atom is 0.416 e. The average Bonchev–Trinajstić information content (AvgIpc) is 2.63. The summed E-state index contributed by atoms with van der Waals surface area (Å²) in [7, 11) is 0. The average molecular weight is 371 g/mol. The maximum atomic E-state index is 12.8. The summed E-state index contributed by atoms with van der Waals surface area (Å²) in [6.45, 7) is 1.97. The number of carbonyl (C=O) groups excluding carboxylic acids is 1. The highest BCUT2D eigenvalue weighted by atomic mass is 19.4. The fraction of sp³-hybridized carbons (Fsp3) is 0.100. The van der Waals surface area contributed by atoms with E-state index >= 15 is 0 Å². The SMILES string of the molecule is Cc1ccc(Nc2cc(C(=O)Nc3cccc(C(F)(F)F)c3)ccn2)cc1. The van der Waals surface area contributed by atoms with Crippen LogP contribution in [0.25, 0.3) is 0 Å². The van der Waals surface area contributed by atoms with E-state index in [0.717, 1.165) is 23.4 Å². The molecule has 0 saturated heterocycles. The molecule has 3 aromatic rings. The quantitative estimate of drug-likeness (QED) is 0.645. The van der Waals surface area contributed by atoms with Crippen LogP contribution < -0.4 is 10.6 Å². The Morgan fingerprint density at radius 1 is 0.963 bits per heavy atom. The number of rotatable bonds is 4. The Bertz CT molecular complexity index is 953. The van der Waals surface area contributed by atoms with Gasteiger partial charge in [0.25, 0.3) is 5.91 Å². The fourth-order valence-electron chi connectivity index (χ4n) is 2.40. The highest BCUT2D eigenvalue weighted by Crippen LogP contribution is 2.30. The molecule has 0 atom stereocenters. The second-order valence-corrected chi connectivity index (χ2v) is 5.95. The molecule has 0 aliphatic rings. The van der Waals surface area contributed by atoms with Gasteiger partial charge < -0.3 is 10.6 Å². The standard InChI is InChI=1S/C20H16F3N3O/c1-13-5-7-16(8-6-13)25-18-11-14(9-10-24-18)19(27)26-17-4-2-3-15(12-17)20(21,22)23/h2-12H,1H3,(H,24,25)(H,26,27). The van der Waals surface area contributed by atoms with Gasteiger partial charge in [0, 0.05) is 23.1 Å². The van der Waals surface area contributed by atoms with Gasteiger partial charge in [0.05, 0.1) is 5.56 Å². The molecule has 0 spiro atoms. The predicted octanol–water partition coefficient (Wildman–Crippen LogP) is 5.40. The lowest BCUT2D eigenvalue weighted by Crippen LogP contribution is -2.13. The minimum Gasteiger partial charge on any atom is -0.340 e. The first kappa shape index (κ1) is 18.4. The first-order valence-electron chi connectivity index (χ1n) is 8.09. The Hall–Kier alpha value is -3.35. The molecule has 138 valence electrons. The number of pyridine rings is 1. The van der Waals surface area contributed by atoms with E-state index in [0.29, 0.717) is 5.82 Å². The van der Waals surface area contributed by atoms with E-state index in [-0.39, 0.29) is 11.3 Å². The first-order chi connectivity index (χ1) is 12.8. The van der Waals surface area contributed by atoms with Crippen LogP contribution in [0.4, 0.5) is 30.4 Å². The van der Waals surface area contributed by atoms with Crippen molar-refractivity contribution in [2.75, 3.05) is 10.6 Å². The molecule has 3 rings (SSSR count). The number of nitrogens with one attached hydrogen (secondary N) is 2. The molecule has 0 aliphatic carbocycles. The highest BCUT2D eigenvalue weighted by molar-refractivity contribution is 6.04. The number of anilines is 3. The molecule has 1 aromatic heterocycles. The van der Waals surface area contributed by atoms with Crippen molar-refractivity contribution in [3.05, 3.63) is 83.6 Å². The number of aromatic nitrogens is 1. The van der Waals surface area contributed by atoms with Gasteiger partial charge in [-0.1, -0.05) is 23.8 Å². The highest BCUT2D eigenvalue weighted by Gasteiger charge is 2.30. The Balaban J connectivity index is 1.75. The number of hydrogen-bond acceptors (Lipinski definition) is 3. The van der Waals surface area contributed by atoms with E-state index in [1.807, 2.05) is 31.2 Å². The van der Waals surface area contributed by atoms with Crippen molar-refractivity contribution in [2.45, 2.75) is 13.1 Å². The molecular weight excluding hydrogens is 355 g/mol. The first-order valence-corrected chi connectivity index (χ1v) is 8.09. The summed E-state index contributed by atoms with van der Waals surface area (Å²) >= 11 is 0. The van der Waals surface area contributed by atoms with Crippen LogP contribution in [0, 0.1) is 6.92 Å². The molecule has 7 heteroatoms. The van der Waals surface area contributed by atoms with Crippen LogP contribution in [0.5, 0.6) is 0 Å². The molecule has 0 unspecified atom stereocenters. The summed E-state index contributed by atoms with van der Waals surface area (Å²) in [6.07, 6.45) is -3.01. The lowest BCUT2D eigenvalue weighted by atomic mass is 10.2. The third-order valence-electron chi connectivity index (χ3n) is 3.79. The minimum atomic E-state index is -4.47. The molecular formula is C20H16F3N3O. The van der Waals surface area contributed by atoms with Crippen molar-refractivity contribution >= 4 is 23.1 Å². The monoisotopic (exact) mass is 371 g/mol. The molecule has 0 saturated carbocycles. The lowest BCUT2D eigenvalue weighted by molar-refractivity contribution is -0.137. The molecule has 0 aliphatic heterocycles. The van der Waals surface area contributed by atoms with Crippen LogP contribution in [0.1, 0.15) is 21.5 Å². The molecule has 27 heavy (non-hydrogen) atoms. The molecule has 4 nitrogen and oxygen atoms in total.